The van der Waals surface area contributed by atoms with Gasteiger partial charge in [-0.25, -0.2) is 0 Å². The highest BCUT2D eigenvalue weighted by Crippen LogP contribution is 2.30. The van der Waals surface area contributed by atoms with Gasteiger partial charge in [0.15, 0.2) is 0 Å². The van der Waals surface area contributed by atoms with Gasteiger partial charge in [0, 0.05) is 11.3 Å². The van der Waals surface area contributed by atoms with Crippen LogP contribution in [0.2, 0.25) is 0 Å². The van der Waals surface area contributed by atoms with Crippen LogP contribution in [0.15, 0.2) is 58.2 Å². The highest BCUT2D eigenvalue weighted by atomic mass is 32.2. The number of hydrogen-bond donors (Lipinski definition) is 1. The lowest BCUT2D eigenvalue weighted by Gasteiger charge is -2.18. The number of thioether (sulfide) groups is 1. The number of alkyl halides is 3. The van der Waals surface area contributed by atoms with Crippen LogP contribution in [0.3, 0.4) is 0 Å². The molecule has 5 nitrogen and oxygen atoms in total. The van der Waals surface area contributed by atoms with E-state index < -0.39 is 11.7 Å². The van der Waals surface area contributed by atoms with Crippen LogP contribution in [0.25, 0.3) is 0 Å². The van der Waals surface area contributed by atoms with Crippen molar-refractivity contribution >= 4 is 17.7 Å². The molecule has 0 saturated heterocycles. The third kappa shape index (κ3) is 6.33. The lowest BCUT2D eigenvalue weighted by atomic mass is 9.87. The zero-order chi connectivity index (χ0) is 22.6. The molecule has 2 aromatic carbocycles. The first kappa shape index (κ1) is 22.9. The number of rotatable bonds is 6. The van der Waals surface area contributed by atoms with Gasteiger partial charge >= 0.3 is 6.18 Å². The number of carbonyl (C=O) groups is 1. The molecule has 0 saturated carbocycles. The second kappa shape index (κ2) is 9.13. The smallest absolute Gasteiger partial charge is 0.414 e. The van der Waals surface area contributed by atoms with Crippen LogP contribution >= 0.6 is 11.8 Å². The second-order valence-electron chi connectivity index (χ2n) is 7.96. The maximum Gasteiger partial charge on any atom is 0.416 e. The molecule has 164 valence electrons. The first-order valence-electron chi connectivity index (χ1n) is 9.52. The van der Waals surface area contributed by atoms with Crippen LogP contribution < -0.4 is 5.32 Å². The van der Waals surface area contributed by atoms with E-state index in [0.29, 0.717) is 16.9 Å². The Morgan fingerprint density at radius 1 is 0.968 bits per heavy atom. The zero-order valence-corrected chi connectivity index (χ0v) is 18.1. The zero-order valence-electron chi connectivity index (χ0n) is 17.3. The van der Waals surface area contributed by atoms with E-state index in [0.717, 1.165) is 17.7 Å². The van der Waals surface area contributed by atoms with E-state index in [-0.39, 0.29) is 29.0 Å². The van der Waals surface area contributed by atoms with Crippen LogP contribution in [-0.4, -0.2) is 16.1 Å². The monoisotopic (exact) mass is 449 g/mol. The molecular weight excluding hydrogens is 427 g/mol. The molecule has 0 spiro atoms. The van der Waals surface area contributed by atoms with Crippen molar-refractivity contribution in [2.75, 3.05) is 0 Å². The van der Waals surface area contributed by atoms with Crippen LogP contribution in [0.1, 0.15) is 53.7 Å². The largest absolute Gasteiger partial charge is 0.416 e. The number of hydrogen-bond acceptors (Lipinski definition) is 5. The molecule has 3 aromatic rings. The summed E-state index contributed by atoms with van der Waals surface area (Å²) in [5.74, 6) is 0.374. The third-order valence-corrected chi connectivity index (χ3v) is 5.39. The Morgan fingerprint density at radius 2 is 1.58 bits per heavy atom. The number of nitrogens with one attached hydrogen (secondary N) is 1. The molecule has 1 N–H and O–H groups in total. The molecule has 1 aromatic heterocycles. The molecule has 0 aliphatic heterocycles. The minimum Gasteiger partial charge on any atom is -0.414 e. The van der Waals surface area contributed by atoms with Gasteiger partial charge in [0.25, 0.3) is 11.1 Å². The normalized spacial score (nSPS) is 12.1. The van der Waals surface area contributed by atoms with Crippen molar-refractivity contribution in [2.24, 2.45) is 0 Å². The van der Waals surface area contributed by atoms with Gasteiger partial charge in [-0.3, -0.25) is 4.79 Å². The van der Waals surface area contributed by atoms with Gasteiger partial charge in [-0.15, -0.1) is 10.2 Å². The minimum absolute atomic E-state index is 0.00714. The molecule has 1 amide bonds. The molecule has 31 heavy (non-hydrogen) atoms. The van der Waals surface area contributed by atoms with E-state index >= 15 is 0 Å². The number of aromatic nitrogens is 2. The summed E-state index contributed by atoms with van der Waals surface area (Å²) in [5, 5.41) is 10.8. The van der Waals surface area contributed by atoms with Crippen molar-refractivity contribution in [3.05, 3.63) is 76.7 Å². The van der Waals surface area contributed by atoms with E-state index in [2.05, 4.69) is 36.3 Å². The molecule has 0 unspecified atom stereocenters. The van der Waals surface area contributed by atoms with Crippen molar-refractivity contribution in [3.8, 4) is 0 Å². The Kier molecular flexibility index (Phi) is 6.74. The molecule has 0 atom stereocenters. The molecular formula is C22H22F3N3O2S. The standard InChI is InChI=1S/C22H22F3N3O2S/c1-21(2,3)16-10-6-15(7-11-16)19(29)26-12-18-27-28-20(30-18)31-13-14-4-8-17(9-5-14)22(23,24)25/h4-11H,12-13H2,1-3H3,(H,26,29). The van der Waals surface area contributed by atoms with Crippen molar-refractivity contribution in [2.45, 2.75) is 49.9 Å². The molecule has 3 rings (SSSR count). The topological polar surface area (TPSA) is 68.0 Å². The molecule has 0 radical (unpaired) electrons. The van der Waals surface area contributed by atoms with E-state index in [9.17, 15) is 18.0 Å². The predicted molar refractivity (Wildman–Crippen MR) is 112 cm³/mol. The van der Waals surface area contributed by atoms with E-state index in [1.165, 1.54) is 23.9 Å². The van der Waals surface area contributed by atoms with E-state index in [4.69, 9.17) is 4.42 Å². The Bertz CT molecular complexity index is 1020. The summed E-state index contributed by atoms with van der Waals surface area (Å²) in [6.07, 6.45) is -4.36. The highest BCUT2D eigenvalue weighted by Gasteiger charge is 2.29. The van der Waals surface area contributed by atoms with Gasteiger partial charge in [0.05, 0.1) is 12.1 Å². The Labute approximate surface area is 182 Å². The lowest BCUT2D eigenvalue weighted by Crippen LogP contribution is -2.23. The average Bonchev–Trinajstić information content (AvgIpc) is 3.17. The van der Waals surface area contributed by atoms with E-state index in [1.54, 1.807) is 12.1 Å². The number of carbonyl (C=O) groups excluding carboxylic acids is 1. The van der Waals surface area contributed by atoms with Crippen LogP contribution in [-0.2, 0) is 23.9 Å². The summed E-state index contributed by atoms with van der Waals surface area (Å²) >= 11 is 1.21. The summed E-state index contributed by atoms with van der Waals surface area (Å²) in [7, 11) is 0. The van der Waals surface area contributed by atoms with Crippen LogP contribution in [0, 0.1) is 0 Å². The number of benzene rings is 2. The average molecular weight is 449 g/mol. The van der Waals surface area contributed by atoms with Crippen molar-refractivity contribution < 1.29 is 22.4 Å². The SMILES string of the molecule is CC(C)(C)c1ccc(C(=O)NCc2nnc(SCc3ccc(C(F)(F)F)cc3)o2)cc1. The quantitative estimate of drug-likeness (QED) is 0.496. The van der Waals surface area contributed by atoms with Crippen LogP contribution in [0.4, 0.5) is 13.2 Å². The van der Waals surface area contributed by atoms with Crippen molar-refractivity contribution in [3.63, 3.8) is 0 Å². The predicted octanol–water partition coefficient (Wildman–Crippen LogP) is 5.61. The van der Waals surface area contributed by atoms with Gasteiger partial charge in [-0.05, 0) is 40.8 Å². The van der Waals surface area contributed by atoms with Gasteiger partial charge in [-0.1, -0.05) is 56.8 Å². The number of halogens is 3. The van der Waals surface area contributed by atoms with Gasteiger partial charge in [0.2, 0.25) is 5.89 Å². The van der Waals surface area contributed by atoms with Crippen molar-refractivity contribution in [1.82, 2.24) is 15.5 Å². The number of nitrogens with zero attached hydrogens (tertiary/aromatic N) is 2. The maximum absolute atomic E-state index is 12.6. The summed E-state index contributed by atoms with van der Waals surface area (Å²) < 4.78 is 43.3. The molecule has 0 fully saturated rings. The lowest BCUT2D eigenvalue weighted by molar-refractivity contribution is -0.137. The van der Waals surface area contributed by atoms with Gasteiger partial charge in [-0.2, -0.15) is 13.2 Å². The molecule has 1 heterocycles. The first-order chi connectivity index (χ1) is 14.5. The van der Waals surface area contributed by atoms with Crippen LogP contribution in [0.5, 0.6) is 0 Å². The Balaban J connectivity index is 1.50. The summed E-state index contributed by atoms with van der Waals surface area (Å²) in [6, 6.07) is 12.3. The molecule has 0 bridgehead atoms. The fourth-order valence-corrected chi connectivity index (χ4v) is 3.42. The summed E-state index contributed by atoms with van der Waals surface area (Å²) in [4.78, 5) is 12.3. The first-order valence-corrected chi connectivity index (χ1v) is 10.5. The Morgan fingerprint density at radius 3 is 2.16 bits per heavy atom. The maximum atomic E-state index is 12.6. The van der Waals surface area contributed by atoms with Gasteiger partial charge in [0.1, 0.15) is 0 Å². The van der Waals surface area contributed by atoms with E-state index in [1.807, 2.05) is 12.1 Å². The number of amides is 1. The summed E-state index contributed by atoms with van der Waals surface area (Å²) in [6.45, 7) is 6.38. The molecule has 0 aliphatic carbocycles. The Hall–Kier alpha value is -2.81. The minimum atomic E-state index is -4.36. The van der Waals surface area contributed by atoms with Crippen molar-refractivity contribution in [1.29, 1.82) is 0 Å². The molecule has 9 heteroatoms. The highest BCUT2D eigenvalue weighted by molar-refractivity contribution is 7.98. The second-order valence-corrected chi connectivity index (χ2v) is 8.88. The van der Waals surface area contributed by atoms with Gasteiger partial charge < -0.3 is 9.73 Å². The summed E-state index contributed by atoms with van der Waals surface area (Å²) in [5.41, 5.74) is 1.68. The molecule has 0 aliphatic rings. The fourth-order valence-electron chi connectivity index (χ4n) is 2.68. The fraction of sp³-hybridized carbons (Fsp3) is 0.318. The third-order valence-electron chi connectivity index (χ3n) is 4.51.